The van der Waals surface area contributed by atoms with Crippen LogP contribution in [0.15, 0.2) is 18.2 Å². The van der Waals surface area contributed by atoms with Crippen molar-refractivity contribution in [2.75, 3.05) is 7.11 Å². The zero-order chi connectivity index (χ0) is 13.8. The molecule has 1 aliphatic carbocycles. The van der Waals surface area contributed by atoms with Crippen molar-refractivity contribution >= 4 is 0 Å². The van der Waals surface area contributed by atoms with E-state index < -0.39 is 0 Å². The van der Waals surface area contributed by atoms with Crippen molar-refractivity contribution in [3.8, 4) is 11.5 Å². The van der Waals surface area contributed by atoms with Crippen molar-refractivity contribution in [2.24, 2.45) is 17.6 Å². The average molecular weight is 263 g/mol. The van der Waals surface area contributed by atoms with Gasteiger partial charge in [-0.2, -0.15) is 0 Å². The van der Waals surface area contributed by atoms with Crippen LogP contribution in [0.1, 0.15) is 38.7 Å². The summed E-state index contributed by atoms with van der Waals surface area (Å²) < 4.78 is 11.4. The van der Waals surface area contributed by atoms with Crippen molar-refractivity contribution in [2.45, 2.75) is 45.8 Å². The molecule has 3 nitrogen and oxygen atoms in total. The Bertz CT molecular complexity index is 387. The third-order valence-corrected chi connectivity index (χ3v) is 3.85. The Morgan fingerprint density at radius 2 is 1.68 bits per heavy atom. The van der Waals surface area contributed by atoms with E-state index in [4.69, 9.17) is 15.2 Å². The molecule has 2 unspecified atom stereocenters. The largest absolute Gasteiger partial charge is 0.497 e. The highest BCUT2D eigenvalue weighted by Gasteiger charge is 2.25. The van der Waals surface area contributed by atoms with E-state index in [1.807, 2.05) is 18.2 Å². The number of rotatable bonds is 4. The van der Waals surface area contributed by atoms with Gasteiger partial charge in [-0.05, 0) is 48.8 Å². The van der Waals surface area contributed by atoms with Gasteiger partial charge in [0.15, 0.2) is 0 Å². The summed E-state index contributed by atoms with van der Waals surface area (Å²) in [7, 11) is 1.67. The maximum atomic E-state index is 6.15. The maximum absolute atomic E-state index is 6.15. The van der Waals surface area contributed by atoms with E-state index in [2.05, 4.69) is 13.8 Å². The lowest BCUT2D eigenvalue weighted by Gasteiger charge is -2.31. The summed E-state index contributed by atoms with van der Waals surface area (Å²) in [4.78, 5) is 0. The number of benzene rings is 1. The van der Waals surface area contributed by atoms with Gasteiger partial charge in [0.1, 0.15) is 11.5 Å². The first kappa shape index (κ1) is 14.2. The number of nitrogens with two attached hydrogens (primary N) is 1. The minimum Gasteiger partial charge on any atom is -0.497 e. The Balaban J connectivity index is 2.09. The number of hydrogen-bond donors (Lipinski definition) is 1. The van der Waals surface area contributed by atoms with Crippen LogP contribution in [0.5, 0.6) is 11.5 Å². The summed E-state index contributed by atoms with van der Waals surface area (Å²) in [5.74, 6) is 3.18. The topological polar surface area (TPSA) is 44.5 Å². The van der Waals surface area contributed by atoms with Crippen molar-refractivity contribution in [1.29, 1.82) is 0 Å². The second-order valence-corrected chi connectivity index (χ2v) is 5.88. The van der Waals surface area contributed by atoms with Crippen LogP contribution < -0.4 is 15.2 Å². The van der Waals surface area contributed by atoms with E-state index in [1.54, 1.807) is 7.11 Å². The van der Waals surface area contributed by atoms with Crippen molar-refractivity contribution in [3.05, 3.63) is 23.8 Å². The first-order chi connectivity index (χ1) is 9.10. The minimum atomic E-state index is 0.316. The fourth-order valence-electron chi connectivity index (χ4n) is 3.10. The van der Waals surface area contributed by atoms with Gasteiger partial charge in [-0.1, -0.05) is 13.8 Å². The molecule has 2 N–H and O–H groups in total. The molecule has 1 saturated carbocycles. The molecular formula is C16H25NO2. The molecule has 0 saturated heterocycles. The highest BCUT2D eigenvalue weighted by atomic mass is 16.5. The normalized spacial score (nSPS) is 27.1. The second-order valence-electron chi connectivity index (χ2n) is 5.88. The molecule has 0 bridgehead atoms. The second kappa shape index (κ2) is 6.29. The summed E-state index contributed by atoms with van der Waals surface area (Å²) in [6.45, 7) is 5.12. The molecule has 3 heteroatoms. The zero-order valence-corrected chi connectivity index (χ0v) is 12.2. The van der Waals surface area contributed by atoms with Crippen LogP contribution in [0.3, 0.4) is 0 Å². The molecule has 0 aliphatic heterocycles. The average Bonchev–Trinajstić information content (AvgIpc) is 2.37. The third-order valence-electron chi connectivity index (χ3n) is 3.85. The lowest BCUT2D eigenvalue weighted by molar-refractivity contribution is 0.101. The molecule has 1 aromatic carbocycles. The van der Waals surface area contributed by atoms with E-state index in [9.17, 15) is 0 Å². The Labute approximate surface area is 116 Å². The van der Waals surface area contributed by atoms with E-state index in [0.29, 0.717) is 12.6 Å². The third kappa shape index (κ3) is 3.87. The van der Waals surface area contributed by atoms with Gasteiger partial charge in [-0.15, -0.1) is 0 Å². The summed E-state index contributed by atoms with van der Waals surface area (Å²) >= 11 is 0. The lowest BCUT2D eigenvalue weighted by atomic mass is 9.82. The van der Waals surface area contributed by atoms with E-state index in [0.717, 1.165) is 41.7 Å². The van der Waals surface area contributed by atoms with Crippen molar-refractivity contribution in [1.82, 2.24) is 0 Å². The fraction of sp³-hybridized carbons (Fsp3) is 0.625. The summed E-state index contributed by atoms with van der Waals surface area (Å²) in [6, 6.07) is 5.93. The van der Waals surface area contributed by atoms with E-state index in [-0.39, 0.29) is 0 Å². The molecule has 2 rings (SSSR count). The highest BCUT2D eigenvalue weighted by molar-refractivity contribution is 5.38. The van der Waals surface area contributed by atoms with Gasteiger partial charge in [-0.25, -0.2) is 0 Å². The maximum Gasteiger partial charge on any atom is 0.123 e. The van der Waals surface area contributed by atoms with Crippen LogP contribution in [-0.2, 0) is 6.54 Å². The molecule has 0 amide bonds. The highest BCUT2D eigenvalue weighted by Crippen LogP contribution is 2.32. The summed E-state index contributed by atoms with van der Waals surface area (Å²) in [6.07, 6.45) is 3.90. The number of ether oxygens (including phenoxy) is 2. The SMILES string of the molecule is COc1cc(CN)cc(OC2CC(C)CC(C)C2)c1. The lowest BCUT2D eigenvalue weighted by Crippen LogP contribution is -2.28. The molecular weight excluding hydrogens is 238 g/mol. The van der Waals surface area contributed by atoms with Crippen molar-refractivity contribution < 1.29 is 9.47 Å². The van der Waals surface area contributed by atoms with Crippen LogP contribution in [0.4, 0.5) is 0 Å². The van der Waals surface area contributed by atoms with Crippen LogP contribution >= 0.6 is 0 Å². The summed E-state index contributed by atoms with van der Waals surface area (Å²) in [5.41, 5.74) is 6.76. The van der Waals surface area contributed by atoms with Crippen LogP contribution in [0, 0.1) is 11.8 Å². The molecule has 0 radical (unpaired) electrons. The van der Waals surface area contributed by atoms with Gasteiger partial charge in [0.2, 0.25) is 0 Å². The van der Waals surface area contributed by atoms with Crippen LogP contribution in [0.25, 0.3) is 0 Å². The molecule has 1 aliphatic rings. The fourth-order valence-corrected chi connectivity index (χ4v) is 3.10. The predicted octanol–water partition coefficient (Wildman–Crippen LogP) is 3.36. The van der Waals surface area contributed by atoms with E-state index >= 15 is 0 Å². The van der Waals surface area contributed by atoms with Gasteiger partial charge in [0.05, 0.1) is 13.2 Å². The predicted molar refractivity (Wildman–Crippen MR) is 77.5 cm³/mol. The first-order valence-electron chi connectivity index (χ1n) is 7.15. The zero-order valence-electron chi connectivity index (χ0n) is 12.2. The van der Waals surface area contributed by atoms with Crippen LogP contribution in [0.2, 0.25) is 0 Å². The smallest absolute Gasteiger partial charge is 0.123 e. The van der Waals surface area contributed by atoms with Gasteiger partial charge < -0.3 is 15.2 Å². The monoisotopic (exact) mass is 263 g/mol. The molecule has 0 spiro atoms. The molecule has 19 heavy (non-hydrogen) atoms. The van der Waals surface area contributed by atoms with E-state index in [1.165, 1.54) is 6.42 Å². The number of methoxy groups -OCH3 is 1. The Morgan fingerprint density at radius 3 is 2.26 bits per heavy atom. The molecule has 0 heterocycles. The van der Waals surface area contributed by atoms with Gasteiger partial charge in [-0.3, -0.25) is 0 Å². The van der Waals surface area contributed by atoms with Crippen molar-refractivity contribution in [3.63, 3.8) is 0 Å². The van der Waals surface area contributed by atoms with Gasteiger partial charge >= 0.3 is 0 Å². The first-order valence-corrected chi connectivity index (χ1v) is 7.15. The number of hydrogen-bond acceptors (Lipinski definition) is 3. The van der Waals surface area contributed by atoms with Crippen LogP contribution in [-0.4, -0.2) is 13.2 Å². The Hall–Kier alpha value is -1.22. The molecule has 106 valence electrons. The molecule has 2 atom stereocenters. The molecule has 0 aromatic heterocycles. The molecule has 1 fully saturated rings. The quantitative estimate of drug-likeness (QED) is 0.906. The Morgan fingerprint density at radius 1 is 1.05 bits per heavy atom. The van der Waals surface area contributed by atoms with Gasteiger partial charge in [0.25, 0.3) is 0 Å². The van der Waals surface area contributed by atoms with Gasteiger partial charge in [0, 0.05) is 12.6 Å². The standard InChI is InChI=1S/C16H25NO2/c1-11-4-12(2)6-15(5-11)19-16-8-13(10-17)7-14(9-16)18-3/h7-9,11-12,15H,4-6,10,17H2,1-3H3. The Kier molecular flexibility index (Phi) is 4.70. The summed E-state index contributed by atoms with van der Waals surface area (Å²) in [5, 5.41) is 0. The minimum absolute atomic E-state index is 0.316. The molecule has 1 aromatic rings.